The largest absolute Gasteiger partial charge is 0.494 e. The molecule has 0 radical (unpaired) electrons. The average Bonchev–Trinajstić information content (AvgIpc) is 2.50. The van der Waals surface area contributed by atoms with E-state index in [-0.39, 0.29) is 16.8 Å². The summed E-state index contributed by atoms with van der Waals surface area (Å²) in [4.78, 5) is 12.2. The monoisotopic (exact) mass is 345 g/mol. The van der Waals surface area contributed by atoms with Crippen LogP contribution in [-0.2, 0) is 20.4 Å². The van der Waals surface area contributed by atoms with Crippen LogP contribution < -0.4 is 10.1 Å². The highest BCUT2D eigenvalue weighted by molar-refractivity contribution is 5.98. The molecule has 1 aliphatic rings. The van der Waals surface area contributed by atoms with Crippen LogP contribution in [0.25, 0.3) is 6.08 Å². The molecule has 1 aromatic carbocycles. The number of benzene rings is 1. The lowest BCUT2D eigenvalue weighted by atomic mass is 9.76. The summed E-state index contributed by atoms with van der Waals surface area (Å²) in [6.45, 7) is 15.8. The number of ether oxygens (including phenoxy) is 2. The maximum atomic E-state index is 12.2. The number of carbonyl (C=O) groups excluding carboxylic acids is 1. The first-order valence-electron chi connectivity index (χ1n) is 8.88. The maximum Gasteiger partial charge on any atom is 0.335 e. The molecular formula is C21H31NO3. The molecule has 0 bridgehead atoms. The van der Waals surface area contributed by atoms with E-state index >= 15 is 0 Å². The van der Waals surface area contributed by atoms with Crippen LogP contribution in [0.15, 0.2) is 11.6 Å². The van der Waals surface area contributed by atoms with Crippen LogP contribution in [0.5, 0.6) is 5.75 Å². The predicted molar refractivity (Wildman–Crippen MR) is 103 cm³/mol. The molecule has 1 heterocycles. The summed E-state index contributed by atoms with van der Waals surface area (Å²) >= 11 is 0. The number of nitrogens with one attached hydrogen (secondary N) is 1. The highest BCUT2D eigenvalue weighted by atomic mass is 16.5. The molecule has 0 saturated carbocycles. The van der Waals surface area contributed by atoms with Crippen LogP contribution in [0, 0.1) is 0 Å². The van der Waals surface area contributed by atoms with Gasteiger partial charge in [-0.15, -0.1) is 0 Å². The Kier molecular flexibility index (Phi) is 5.22. The van der Waals surface area contributed by atoms with E-state index in [0.29, 0.717) is 18.7 Å². The highest BCUT2D eigenvalue weighted by Gasteiger charge is 2.31. The lowest BCUT2D eigenvalue weighted by Gasteiger charge is -2.33. The van der Waals surface area contributed by atoms with Crippen molar-refractivity contribution in [2.45, 2.75) is 59.3 Å². The Hall–Kier alpha value is -1.97. The first-order valence-corrected chi connectivity index (χ1v) is 8.88. The Morgan fingerprint density at radius 1 is 1.12 bits per heavy atom. The second-order valence-electron chi connectivity index (χ2n) is 8.54. The van der Waals surface area contributed by atoms with Gasteiger partial charge in [0.15, 0.2) is 0 Å². The maximum absolute atomic E-state index is 12.2. The Bertz CT molecular complexity index is 703. The lowest BCUT2D eigenvalue weighted by molar-refractivity contribution is -0.138. The van der Waals surface area contributed by atoms with E-state index in [0.717, 1.165) is 17.0 Å². The summed E-state index contributed by atoms with van der Waals surface area (Å²) in [5, 5.41) is 3.40. The molecular weight excluding hydrogens is 314 g/mol. The molecule has 0 spiro atoms. The van der Waals surface area contributed by atoms with Gasteiger partial charge < -0.3 is 14.8 Å². The molecule has 25 heavy (non-hydrogen) atoms. The molecule has 0 aromatic heterocycles. The van der Waals surface area contributed by atoms with Crippen molar-refractivity contribution >= 4 is 17.7 Å². The SMILES string of the molecule is CCOC(=O)C1=Cc2c(C(C)(C)C)cc(C(C)(C)C)c(OC)c2NC1. The number of rotatable bonds is 3. The molecule has 4 heteroatoms. The van der Waals surface area contributed by atoms with Gasteiger partial charge in [-0.2, -0.15) is 0 Å². The third-order valence-corrected chi connectivity index (χ3v) is 4.45. The number of hydrogen-bond acceptors (Lipinski definition) is 4. The molecule has 2 rings (SSSR count). The Balaban J connectivity index is 2.76. The van der Waals surface area contributed by atoms with Crippen molar-refractivity contribution in [3.05, 3.63) is 28.3 Å². The Morgan fingerprint density at radius 2 is 1.72 bits per heavy atom. The molecule has 0 amide bonds. The van der Waals surface area contributed by atoms with Gasteiger partial charge in [-0.1, -0.05) is 47.6 Å². The zero-order valence-electron chi connectivity index (χ0n) is 16.8. The quantitative estimate of drug-likeness (QED) is 0.809. The fourth-order valence-corrected chi connectivity index (χ4v) is 3.16. The van der Waals surface area contributed by atoms with Crippen LogP contribution >= 0.6 is 0 Å². The van der Waals surface area contributed by atoms with Crippen molar-refractivity contribution in [1.29, 1.82) is 0 Å². The minimum Gasteiger partial charge on any atom is -0.494 e. The number of fused-ring (bicyclic) bond motifs is 1. The molecule has 0 fully saturated rings. The van der Waals surface area contributed by atoms with E-state index in [9.17, 15) is 4.79 Å². The molecule has 1 N–H and O–H groups in total. The van der Waals surface area contributed by atoms with Gasteiger partial charge in [-0.05, 0) is 29.4 Å². The van der Waals surface area contributed by atoms with E-state index < -0.39 is 0 Å². The molecule has 0 atom stereocenters. The summed E-state index contributed by atoms with van der Waals surface area (Å²) < 4.78 is 11.0. The Labute approximate surface area is 151 Å². The average molecular weight is 345 g/mol. The molecule has 0 saturated heterocycles. The van der Waals surface area contributed by atoms with Crippen molar-refractivity contribution in [2.24, 2.45) is 0 Å². The van der Waals surface area contributed by atoms with Gasteiger partial charge in [-0.25, -0.2) is 4.79 Å². The molecule has 0 unspecified atom stereocenters. The van der Waals surface area contributed by atoms with Crippen molar-refractivity contribution in [1.82, 2.24) is 0 Å². The number of methoxy groups -OCH3 is 1. The smallest absolute Gasteiger partial charge is 0.335 e. The van der Waals surface area contributed by atoms with Gasteiger partial charge in [0, 0.05) is 17.7 Å². The highest BCUT2D eigenvalue weighted by Crippen LogP contribution is 2.46. The summed E-state index contributed by atoms with van der Waals surface area (Å²) in [7, 11) is 1.70. The topological polar surface area (TPSA) is 47.6 Å². The van der Waals surface area contributed by atoms with Gasteiger partial charge in [0.05, 0.1) is 25.0 Å². The summed E-state index contributed by atoms with van der Waals surface area (Å²) in [6.07, 6.45) is 1.96. The van der Waals surface area contributed by atoms with Gasteiger partial charge >= 0.3 is 5.97 Å². The number of anilines is 1. The summed E-state index contributed by atoms with van der Waals surface area (Å²) in [5.41, 5.74) is 4.88. The normalized spacial score (nSPS) is 14.3. The van der Waals surface area contributed by atoms with Crippen LogP contribution in [-0.4, -0.2) is 26.2 Å². The van der Waals surface area contributed by atoms with E-state index in [4.69, 9.17) is 9.47 Å². The van der Waals surface area contributed by atoms with E-state index in [1.807, 2.05) is 13.0 Å². The zero-order chi connectivity index (χ0) is 19.0. The third kappa shape index (κ3) is 3.83. The first kappa shape index (κ1) is 19.4. The Morgan fingerprint density at radius 3 is 2.20 bits per heavy atom. The minimum absolute atomic E-state index is 0.0484. The van der Waals surface area contributed by atoms with Crippen molar-refractivity contribution in [3.8, 4) is 5.75 Å². The lowest BCUT2D eigenvalue weighted by Crippen LogP contribution is -2.25. The van der Waals surface area contributed by atoms with Crippen molar-refractivity contribution in [3.63, 3.8) is 0 Å². The molecule has 0 aliphatic carbocycles. The van der Waals surface area contributed by atoms with Gasteiger partial charge in [0.25, 0.3) is 0 Å². The number of esters is 1. The van der Waals surface area contributed by atoms with Crippen LogP contribution in [0.1, 0.15) is 65.2 Å². The second-order valence-corrected chi connectivity index (χ2v) is 8.54. The second kappa shape index (κ2) is 6.74. The molecule has 4 nitrogen and oxygen atoms in total. The molecule has 138 valence electrons. The van der Waals surface area contributed by atoms with Crippen LogP contribution in [0.3, 0.4) is 0 Å². The number of carbonyl (C=O) groups is 1. The fraction of sp³-hybridized carbons (Fsp3) is 0.571. The minimum atomic E-state index is -0.264. The molecule has 1 aromatic rings. The van der Waals surface area contributed by atoms with Gasteiger partial charge in [0.2, 0.25) is 0 Å². The first-order chi connectivity index (χ1) is 11.5. The van der Waals surface area contributed by atoms with Gasteiger partial charge in [-0.3, -0.25) is 0 Å². The fourth-order valence-electron chi connectivity index (χ4n) is 3.16. The summed E-state index contributed by atoms with van der Waals surface area (Å²) in [5.74, 6) is 0.592. The third-order valence-electron chi connectivity index (χ3n) is 4.45. The summed E-state index contributed by atoms with van der Waals surface area (Å²) in [6, 6.07) is 2.23. The van der Waals surface area contributed by atoms with Gasteiger partial charge in [0.1, 0.15) is 5.75 Å². The zero-order valence-corrected chi connectivity index (χ0v) is 16.8. The van der Waals surface area contributed by atoms with Crippen molar-refractivity contribution < 1.29 is 14.3 Å². The van der Waals surface area contributed by atoms with Crippen molar-refractivity contribution in [2.75, 3.05) is 25.6 Å². The standard InChI is InChI=1S/C21H31NO3/c1-9-25-19(23)13-10-14-15(20(2,3)4)11-16(21(5,6)7)18(24-8)17(14)22-12-13/h10-11,22H,9,12H2,1-8H3. The van der Waals surface area contributed by atoms with E-state index in [1.54, 1.807) is 7.11 Å². The van der Waals surface area contributed by atoms with E-state index in [1.165, 1.54) is 11.1 Å². The van der Waals surface area contributed by atoms with Crippen LogP contribution in [0.2, 0.25) is 0 Å². The molecule has 1 aliphatic heterocycles. The number of hydrogen-bond donors (Lipinski definition) is 1. The predicted octanol–water partition coefficient (Wildman–Crippen LogP) is 4.66. The van der Waals surface area contributed by atoms with E-state index in [2.05, 4.69) is 52.9 Å². The van der Waals surface area contributed by atoms with Crippen LogP contribution in [0.4, 0.5) is 5.69 Å².